The van der Waals surface area contributed by atoms with Crippen molar-refractivity contribution in [3.8, 4) is 0 Å². The van der Waals surface area contributed by atoms with Gasteiger partial charge in [0.1, 0.15) is 0 Å². The molecule has 0 saturated carbocycles. The Morgan fingerprint density at radius 2 is 1.75 bits per heavy atom. The Morgan fingerprint density at radius 1 is 1.05 bits per heavy atom. The van der Waals surface area contributed by atoms with Gasteiger partial charge in [-0.15, -0.1) is 0 Å². The standard InChI is InChI=1S/C15H34N4S/c1-5-16-15(18-12-14-20-4)17-11-9-7-6-8-10-13-19(2)3/h5-14H2,1-4H3,(H2,16,17,18). The highest BCUT2D eigenvalue weighted by Gasteiger charge is 1.96. The van der Waals surface area contributed by atoms with Gasteiger partial charge in [-0.2, -0.15) is 11.8 Å². The Labute approximate surface area is 130 Å². The quantitative estimate of drug-likeness (QED) is 0.330. The van der Waals surface area contributed by atoms with Crippen molar-refractivity contribution in [3.05, 3.63) is 0 Å². The first-order valence-corrected chi connectivity index (χ1v) is 9.26. The molecule has 4 nitrogen and oxygen atoms in total. The average Bonchev–Trinajstić information content (AvgIpc) is 2.41. The van der Waals surface area contributed by atoms with E-state index in [0.717, 1.165) is 31.3 Å². The molecule has 2 N–H and O–H groups in total. The molecular formula is C15H34N4S. The van der Waals surface area contributed by atoms with Crippen molar-refractivity contribution >= 4 is 17.7 Å². The van der Waals surface area contributed by atoms with Crippen LogP contribution in [0.3, 0.4) is 0 Å². The van der Waals surface area contributed by atoms with Crippen LogP contribution in [0.1, 0.15) is 39.0 Å². The first kappa shape index (κ1) is 19.6. The van der Waals surface area contributed by atoms with Crippen molar-refractivity contribution in [2.75, 3.05) is 52.3 Å². The van der Waals surface area contributed by atoms with Crippen LogP contribution in [0.5, 0.6) is 0 Å². The molecule has 20 heavy (non-hydrogen) atoms. The van der Waals surface area contributed by atoms with Gasteiger partial charge in [0.2, 0.25) is 0 Å². The first-order valence-electron chi connectivity index (χ1n) is 7.86. The Morgan fingerprint density at radius 3 is 2.40 bits per heavy atom. The second-order valence-corrected chi connectivity index (χ2v) is 6.24. The maximum Gasteiger partial charge on any atom is 0.191 e. The zero-order chi connectivity index (χ0) is 15.1. The number of hydrogen-bond donors (Lipinski definition) is 2. The minimum atomic E-state index is 0.926. The maximum atomic E-state index is 4.61. The van der Waals surface area contributed by atoms with Crippen LogP contribution in [0.4, 0.5) is 0 Å². The molecular weight excluding hydrogens is 268 g/mol. The van der Waals surface area contributed by atoms with Crippen molar-refractivity contribution in [2.45, 2.75) is 39.0 Å². The minimum Gasteiger partial charge on any atom is -0.357 e. The molecule has 0 aromatic rings. The van der Waals surface area contributed by atoms with Crippen LogP contribution in [0.15, 0.2) is 4.99 Å². The molecule has 0 aromatic carbocycles. The van der Waals surface area contributed by atoms with Gasteiger partial charge >= 0.3 is 0 Å². The van der Waals surface area contributed by atoms with E-state index < -0.39 is 0 Å². The van der Waals surface area contributed by atoms with Gasteiger partial charge in [0.05, 0.1) is 0 Å². The Hall–Kier alpha value is -0.420. The van der Waals surface area contributed by atoms with E-state index in [1.165, 1.54) is 38.6 Å². The van der Waals surface area contributed by atoms with E-state index >= 15 is 0 Å². The van der Waals surface area contributed by atoms with Crippen molar-refractivity contribution in [2.24, 2.45) is 4.99 Å². The van der Waals surface area contributed by atoms with Crippen LogP contribution in [-0.2, 0) is 0 Å². The number of thioether (sulfide) groups is 1. The number of hydrogen-bond acceptors (Lipinski definition) is 3. The van der Waals surface area contributed by atoms with Crippen LogP contribution in [0.25, 0.3) is 0 Å². The van der Waals surface area contributed by atoms with E-state index in [2.05, 4.69) is 47.8 Å². The van der Waals surface area contributed by atoms with E-state index in [9.17, 15) is 0 Å². The lowest BCUT2D eigenvalue weighted by molar-refractivity contribution is 0.390. The summed E-state index contributed by atoms with van der Waals surface area (Å²) < 4.78 is 0. The van der Waals surface area contributed by atoms with Crippen molar-refractivity contribution in [1.29, 1.82) is 0 Å². The largest absolute Gasteiger partial charge is 0.357 e. The monoisotopic (exact) mass is 302 g/mol. The highest BCUT2D eigenvalue weighted by Crippen LogP contribution is 2.03. The van der Waals surface area contributed by atoms with Crippen LogP contribution in [0, 0.1) is 0 Å². The number of aliphatic imine (C=N–C) groups is 1. The molecule has 0 fully saturated rings. The molecule has 5 heteroatoms. The maximum absolute atomic E-state index is 4.61. The summed E-state index contributed by atoms with van der Waals surface area (Å²) in [4.78, 5) is 6.87. The summed E-state index contributed by atoms with van der Waals surface area (Å²) in [5.41, 5.74) is 0. The molecule has 0 aliphatic rings. The molecule has 0 aromatic heterocycles. The zero-order valence-corrected chi connectivity index (χ0v) is 14.7. The first-order chi connectivity index (χ1) is 9.70. The third kappa shape index (κ3) is 14.0. The number of nitrogens with one attached hydrogen (secondary N) is 2. The Kier molecular flexibility index (Phi) is 14.7. The lowest BCUT2D eigenvalue weighted by Gasteiger charge is -2.10. The molecule has 0 amide bonds. The SMILES string of the molecule is CCNC(=NCCCCCCCN(C)C)NCCSC. The number of unbranched alkanes of at least 4 members (excludes halogenated alkanes) is 4. The van der Waals surface area contributed by atoms with Gasteiger partial charge in [-0.05, 0) is 46.7 Å². The molecule has 0 bridgehead atoms. The molecule has 0 radical (unpaired) electrons. The van der Waals surface area contributed by atoms with Gasteiger partial charge in [0.15, 0.2) is 5.96 Å². The van der Waals surface area contributed by atoms with Gasteiger partial charge < -0.3 is 15.5 Å². The molecule has 0 spiro atoms. The summed E-state index contributed by atoms with van der Waals surface area (Å²) in [6.07, 6.45) is 8.60. The molecule has 0 unspecified atom stereocenters. The van der Waals surface area contributed by atoms with Crippen LogP contribution in [-0.4, -0.2) is 63.1 Å². The molecule has 0 atom stereocenters. The third-order valence-corrected chi connectivity index (χ3v) is 3.59. The molecule has 0 rings (SSSR count). The fraction of sp³-hybridized carbons (Fsp3) is 0.933. The highest BCUT2D eigenvalue weighted by molar-refractivity contribution is 7.98. The van der Waals surface area contributed by atoms with E-state index in [-0.39, 0.29) is 0 Å². The van der Waals surface area contributed by atoms with Gasteiger partial charge in [0, 0.05) is 25.4 Å². The zero-order valence-electron chi connectivity index (χ0n) is 13.9. The minimum absolute atomic E-state index is 0.926. The molecule has 0 saturated heterocycles. The summed E-state index contributed by atoms with van der Waals surface area (Å²) in [5.74, 6) is 2.09. The Bertz CT molecular complexity index is 232. The van der Waals surface area contributed by atoms with Crippen molar-refractivity contribution in [3.63, 3.8) is 0 Å². The number of guanidine groups is 1. The summed E-state index contributed by atoms with van der Waals surface area (Å²) in [5, 5.41) is 6.65. The van der Waals surface area contributed by atoms with Gasteiger partial charge in [0.25, 0.3) is 0 Å². The fourth-order valence-electron chi connectivity index (χ4n) is 1.87. The molecule has 0 aliphatic carbocycles. The van der Waals surface area contributed by atoms with E-state index in [1.807, 2.05) is 11.8 Å². The summed E-state index contributed by atoms with van der Waals surface area (Å²) in [6, 6.07) is 0. The lowest BCUT2D eigenvalue weighted by Crippen LogP contribution is -2.38. The van der Waals surface area contributed by atoms with Crippen molar-refractivity contribution < 1.29 is 0 Å². The predicted molar refractivity (Wildman–Crippen MR) is 94.0 cm³/mol. The lowest BCUT2D eigenvalue weighted by atomic mass is 10.1. The predicted octanol–water partition coefficient (Wildman–Crippen LogP) is 2.42. The van der Waals surface area contributed by atoms with Crippen LogP contribution < -0.4 is 10.6 Å². The fourth-order valence-corrected chi connectivity index (χ4v) is 2.18. The second-order valence-electron chi connectivity index (χ2n) is 5.25. The summed E-state index contributed by atoms with van der Waals surface area (Å²) >= 11 is 1.85. The van der Waals surface area contributed by atoms with Gasteiger partial charge in [-0.25, -0.2) is 0 Å². The van der Waals surface area contributed by atoms with Gasteiger partial charge in [-0.3, -0.25) is 4.99 Å². The normalized spacial score (nSPS) is 11.9. The summed E-state index contributed by atoms with van der Waals surface area (Å²) in [6.45, 7) is 6.16. The van der Waals surface area contributed by atoms with E-state index in [0.29, 0.717) is 0 Å². The molecule has 120 valence electrons. The molecule has 0 heterocycles. The van der Waals surface area contributed by atoms with Crippen LogP contribution >= 0.6 is 11.8 Å². The average molecular weight is 303 g/mol. The van der Waals surface area contributed by atoms with Crippen LogP contribution in [0.2, 0.25) is 0 Å². The summed E-state index contributed by atoms with van der Waals surface area (Å²) in [7, 11) is 4.28. The van der Waals surface area contributed by atoms with Gasteiger partial charge in [-0.1, -0.05) is 19.3 Å². The second kappa shape index (κ2) is 15.0. The topological polar surface area (TPSA) is 39.7 Å². The Balaban J connectivity index is 3.56. The highest BCUT2D eigenvalue weighted by atomic mass is 32.2. The third-order valence-electron chi connectivity index (χ3n) is 2.98. The molecule has 0 aliphatic heterocycles. The smallest absolute Gasteiger partial charge is 0.191 e. The van der Waals surface area contributed by atoms with Crippen molar-refractivity contribution in [1.82, 2.24) is 15.5 Å². The number of rotatable bonds is 12. The van der Waals surface area contributed by atoms with E-state index in [1.54, 1.807) is 0 Å². The van der Waals surface area contributed by atoms with E-state index in [4.69, 9.17) is 0 Å². The number of nitrogens with zero attached hydrogens (tertiary/aromatic N) is 2.